The van der Waals surface area contributed by atoms with Crippen molar-refractivity contribution in [1.29, 1.82) is 0 Å². The van der Waals surface area contributed by atoms with Gasteiger partial charge in [0.05, 0.1) is 12.9 Å². The van der Waals surface area contributed by atoms with Crippen LogP contribution in [0.5, 0.6) is 0 Å². The van der Waals surface area contributed by atoms with Gasteiger partial charge in [-0.2, -0.15) is 9.97 Å². The van der Waals surface area contributed by atoms with Crippen LogP contribution in [0.1, 0.15) is 19.3 Å². The van der Waals surface area contributed by atoms with Gasteiger partial charge in [-0.25, -0.2) is 4.98 Å². The number of H-pyrrole nitrogens is 1. The fraction of sp³-hybridized carbons (Fsp3) is 0.538. The first-order valence-corrected chi connectivity index (χ1v) is 7.18. The van der Waals surface area contributed by atoms with Crippen LogP contribution in [0.15, 0.2) is 6.33 Å². The van der Waals surface area contributed by atoms with Gasteiger partial charge in [-0.05, 0) is 19.3 Å². The zero-order chi connectivity index (χ0) is 14.7. The summed E-state index contributed by atoms with van der Waals surface area (Å²) in [5, 5.41) is 5.98. The van der Waals surface area contributed by atoms with Gasteiger partial charge in [0.15, 0.2) is 11.5 Å². The monoisotopic (exact) mass is 289 g/mol. The second kappa shape index (κ2) is 5.94. The molecule has 0 aliphatic carbocycles. The zero-order valence-electron chi connectivity index (χ0n) is 12.0. The number of aromatic nitrogens is 4. The fourth-order valence-corrected chi connectivity index (χ4v) is 2.49. The van der Waals surface area contributed by atoms with Gasteiger partial charge in [0, 0.05) is 20.1 Å². The number of rotatable bonds is 4. The van der Waals surface area contributed by atoms with Crippen molar-refractivity contribution in [3.05, 3.63) is 6.33 Å². The number of carbonyl (C=O) groups excluding carboxylic acids is 1. The molecule has 0 aromatic carbocycles. The molecule has 3 rings (SSSR count). The average molecular weight is 289 g/mol. The standard InChI is InChI=1S/C13H19N7O/c1-14-13-18-11(10-12(19-13)17-8-16-10)15-7-9(21)20-5-3-2-4-6-20/h8H,2-7H2,1H3,(H3,14,15,16,17,18,19). The minimum absolute atomic E-state index is 0.104. The van der Waals surface area contributed by atoms with Crippen LogP contribution < -0.4 is 10.6 Å². The first-order valence-electron chi connectivity index (χ1n) is 7.18. The van der Waals surface area contributed by atoms with Crippen molar-refractivity contribution in [3.63, 3.8) is 0 Å². The summed E-state index contributed by atoms with van der Waals surface area (Å²) in [6, 6.07) is 0. The highest BCUT2D eigenvalue weighted by Gasteiger charge is 2.17. The summed E-state index contributed by atoms with van der Waals surface area (Å²) in [5.74, 6) is 1.17. The van der Waals surface area contributed by atoms with Crippen LogP contribution in [0, 0.1) is 0 Å². The number of imidazole rings is 1. The summed E-state index contributed by atoms with van der Waals surface area (Å²) in [6.45, 7) is 1.94. The minimum atomic E-state index is 0.104. The Labute approximate surface area is 122 Å². The molecule has 3 N–H and O–H groups in total. The maximum atomic E-state index is 12.2. The second-order valence-corrected chi connectivity index (χ2v) is 5.04. The Hall–Kier alpha value is -2.38. The van der Waals surface area contributed by atoms with E-state index < -0.39 is 0 Å². The predicted molar refractivity (Wildman–Crippen MR) is 80.2 cm³/mol. The third kappa shape index (κ3) is 2.88. The van der Waals surface area contributed by atoms with Gasteiger partial charge in [-0.3, -0.25) is 4.79 Å². The fourth-order valence-electron chi connectivity index (χ4n) is 2.49. The number of anilines is 2. The second-order valence-electron chi connectivity index (χ2n) is 5.04. The molecule has 1 saturated heterocycles. The number of carbonyl (C=O) groups is 1. The summed E-state index contributed by atoms with van der Waals surface area (Å²) >= 11 is 0. The number of amides is 1. The molecule has 112 valence electrons. The smallest absolute Gasteiger partial charge is 0.241 e. The van der Waals surface area contributed by atoms with Gasteiger partial charge >= 0.3 is 0 Å². The lowest BCUT2D eigenvalue weighted by molar-refractivity contribution is -0.130. The van der Waals surface area contributed by atoms with E-state index in [1.165, 1.54) is 6.42 Å². The van der Waals surface area contributed by atoms with Crippen molar-refractivity contribution in [1.82, 2.24) is 24.8 Å². The third-order valence-corrected chi connectivity index (χ3v) is 3.63. The summed E-state index contributed by atoms with van der Waals surface area (Å²) in [4.78, 5) is 29.8. The van der Waals surface area contributed by atoms with Crippen molar-refractivity contribution in [3.8, 4) is 0 Å². The first kappa shape index (κ1) is 13.6. The maximum Gasteiger partial charge on any atom is 0.241 e. The van der Waals surface area contributed by atoms with E-state index in [2.05, 4.69) is 30.6 Å². The normalized spacial score (nSPS) is 15.2. The first-order chi connectivity index (χ1) is 10.3. The number of piperidine rings is 1. The number of likely N-dealkylation sites (tertiary alicyclic amines) is 1. The van der Waals surface area contributed by atoms with Gasteiger partial charge in [0.2, 0.25) is 11.9 Å². The number of aromatic amines is 1. The van der Waals surface area contributed by atoms with Gasteiger partial charge in [-0.1, -0.05) is 0 Å². The van der Waals surface area contributed by atoms with E-state index in [0.717, 1.165) is 25.9 Å². The molecule has 0 radical (unpaired) electrons. The van der Waals surface area contributed by atoms with Gasteiger partial charge in [-0.15, -0.1) is 0 Å². The molecule has 21 heavy (non-hydrogen) atoms. The highest BCUT2D eigenvalue weighted by molar-refractivity contribution is 5.87. The summed E-state index contributed by atoms with van der Waals surface area (Å²) < 4.78 is 0. The molecule has 8 nitrogen and oxygen atoms in total. The molecule has 1 aliphatic heterocycles. The van der Waals surface area contributed by atoms with E-state index in [0.29, 0.717) is 22.9 Å². The molecule has 1 aliphatic rings. The minimum Gasteiger partial charge on any atom is -0.359 e. The van der Waals surface area contributed by atoms with Crippen LogP contribution in [-0.2, 0) is 4.79 Å². The molecule has 8 heteroatoms. The molecular formula is C13H19N7O. The van der Waals surface area contributed by atoms with Crippen molar-refractivity contribution in [2.45, 2.75) is 19.3 Å². The van der Waals surface area contributed by atoms with Crippen LogP contribution >= 0.6 is 0 Å². The molecular weight excluding hydrogens is 270 g/mol. The van der Waals surface area contributed by atoms with Crippen LogP contribution in [0.4, 0.5) is 11.8 Å². The third-order valence-electron chi connectivity index (χ3n) is 3.63. The van der Waals surface area contributed by atoms with Crippen LogP contribution in [0.2, 0.25) is 0 Å². The number of nitrogens with one attached hydrogen (secondary N) is 3. The lowest BCUT2D eigenvalue weighted by Crippen LogP contribution is -2.39. The van der Waals surface area contributed by atoms with Gasteiger partial charge in [0.25, 0.3) is 0 Å². The quantitative estimate of drug-likeness (QED) is 0.770. The van der Waals surface area contributed by atoms with E-state index in [1.807, 2.05) is 4.90 Å². The molecule has 0 spiro atoms. The number of fused-ring (bicyclic) bond motifs is 1. The highest BCUT2D eigenvalue weighted by Crippen LogP contribution is 2.18. The molecule has 2 aromatic rings. The number of hydrogen-bond acceptors (Lipinski definition) is 6. The summed E-state index contributed by atoms with van der Waals surface area (Å²) in [5.41, 5.74) is 1.28. The topological polar surface area (TPSA) is 98.8 Å². The van der Waals surface area contributed by atoms with Gasteiger partial charge in [0.1, 0.15) is 5.52 Å². The van der Waals surface area contributed by atoms with Crippen LogP contribution in [0.25, 0.3) is 11.2 Å². The molecule has 0 saturated carbocycles. The Morgan fingerprint density at radius 3 is 2.90 bits per heavy atom. The zero-order valence-corrected chi connectivity index (χ0v) is 12.0. The Balaban J connectivity index is 1.72. The van der Waals surface area contributed by atoms with Gasteiger partial charge < -0.3 is 20.5 Å². The van der Waals surface area contributed by atoms with Crippen molar-refractivity contribution < 1.29 is 4.79 Å². The molecule has 1 amide bonds. The molecule has 1 fully saturated rings. The summed E-state index contributed by atoms with van der Waals surface area (Å²) in [7, 11) is 1.75. The van der Waals surface area contributed by atoms with E-state index in [-0.39, 0.29) is 12.5 Å². The van der Waals surface area contributed by atoms with Crippen LogP contribution in [0.3, 0.4) is 0 Å². The van der Waals surface area contributed by atoms with Crippen molar-refractivity contribution in [2.75, 3.05) is 37.3 Å². The van der Waals surface area contributed by atoms with E-state index in [1.54, 1.807) is 13.4 Å². The highest BCUT2D eigenvalue weighted by atomic mass is 16.2. The Bertz CT molecular complexity index is 632. The van der Waals surface area contributed by atoms with Crippen LogP contribution in [-0.4, -0.2) is 57.4 Å². The van der Waals surface area contributed by atoms with Crippen molar-refractivity contribution >= 4 is 28.8 Å². The molecule has 0 atom stereocenters. The van der Waals surface area contributed by atoms with Crippen molar-refractivity contribution in [2.24, 2.45) is 0 Å². The molecule has 0 bridgehead atoms. The molecule has 0 unspecified atom stereocenters. The number of nitrogens with zero attached hydrogens (tertiary/aromatic N) is 4. The summed E-state index contributed by atoms with van der Waals surface area (Å²) in [6.07, 6.45) is 4.96. The lowest BCUT2D eigenvalue weighted by atomic mass is 10.1. The molecule has 3 heterocycles. The number of hydrogen-bond donors (Lipinski definition) is 3. The Morgan fingerprint density at radius 2 is 2.14 bits per heavy atom. The average Bonchev–Trinajstić information content (AvgIpc) is 3.01. The Kier molecular flexibility index (Phi) is 3.85. The Morgan fingerprint density at radius 1 is 1.33 bits per heavy atom. The lowest BCUT2D eigenvalue weighted by Gasteiger charge is -2.26. The molecule has 2 aromatic heterocycles. The predicted octanol–water partition coefficient (Wildman–Crippen LogP) is 0.819. The van der Waals surface area contributed by atoms with E-state index in [9.17, 15) is 4.79 Å². The van der Waals surface area contributed by atoms with E-state index in [4.69, 9.17) is 0 Å². The van der Waals surface area contributed by atoms with E-state index >= 15 is 0 Å². The SMILES string of the molecule is CNc1nc(NCC(=O)N2CCCCC2)c2[nH]cnc2n1. The maximum absolute atomic E-state index is 12.2. The largest absolute Gasteiger partial charge is 0.359 e.